The van der Waals surface area contributed by atoms with E-state index in [-0.39, 0.29) is 6.61 Å². The summed E-state index contributed by atoms with van der Waals surface area (Å²) in [4.78, 5) is 9.10. The number of rotatable bonds is 6. The van der Waals surface area contributed by atoms with Crippen LogP contribution in [0.15, 0.2) is 67.0 Å². The van der Waals surface area contributed by atoms with Crippen LogP contribution < -0.4 is 0 Å². The Labute approximate surface area is 189 Å². The van der Waals surface area contributed by atoms with E-state index in [0.717, 1.165) is 22.5 Å². The van der Waals surface area contributed by atoms with E-state index in [9.17, 15) is 5.11 Å². The zero-order valence-corrected chi connectivity index (χ0v) is 18.2. The number of aliphatic hydroxyl groups is 1. The number of pyridine rings is 1. The Bertz CT molecular complexity index is 1140. The third-order valence-electron chi connectivity index (χ3n) is 4.77. The quantitative estimate of drug-likeness (QED) is 0.353. The molecule has 1 N–H and O–H groups in total. The van der Waals surface area contributed by atoms with E-state index in [1.165, 1.54) is 0 Å². The molecule has 4 aromatic rings. The van der Waals surface area contributed by atoms with Gasteiger partial charge in [0.1, 0.15) is 5.82 Å². The van der Waals surface area contributed by atoms with Crippen molar-refractivity contribution < 1.29 is 5.11 Å². The summed E-state index contributed by atoms with van der Waals surface area (Å²) in [5, 5.41) is 11.2. The predicted octanol–water partition coefficient (Wildman–Crippen LogP) is 6.62. The van der Waals surface area contributed by atoms with Crippen LogP contribution in [0.3, 0.4) is 0 Å². The van der Waals surface area contributed by atoms with Crippen LogP contribution in [-0.4, -0.2) is 26.2 Å². The molecule has 2 heterocycles. The van der Waals surface area contributed by atoms with Gasteiger partial charge in [0.05, 0.1) is 27.0 Å². The summed E-state index contributed by atoms with van der Waals surface area (Å²) >= 11 is 19.2. The summed E-state index contributed by atoms with van der Waals surface area (Å²) in [7, 11) is 0. The second kappa shape index (κ2) is 9.19. The molecule has 0 unspecified atom stereocenters. The van der Waals surface area contributed by atoms with Gasteiger partial charge in [0, 0.05) is 41.7 Å². The molecule has 0 atom stereocenters. The number of nitrogens with zero attached hydrogens (tertiary/aromatic N) is 3. The van der Waals surface area contributed by atoms with Crippen LogP contribution in [0.1, 0.15) is 6.42 Å². The lowest BCUT2D eigenvalue weighted by Gasteiger charge is -2.14. The lowest BCUT2D eigenvalue weighted by Crippen LogP contribution is -2.05. The first-order valence-electron chi connectivity index (χ1n) is 9.42. The maximum absolute atomic E-state index is 9.51. The van der Waals surface area contributed by atoms with Crippen LogP contribution in [0.25, 0.3) is 33.9 Å². The van der Waals surface area contributed by atoms with E-state index in [1.54, 1.807) is 30.6 Å². The molecule has 0 bridgehead atoms. The highest BCUT2D eigenvalue weighted by Gasteiger charge is 2.23. The second-order valence-corrected chi connectivity index (χ2v) is 7.95. The van der Waals surface area contributed by atoms with Gasteiger partial charge >= 0.3 is 0 Å². The SMILES string of the molecule is OCCCn1c(-c2c(Cl)cccc2Cl)nc(-c2ccncc2)c1-c1ccc(Cl)cc1. The number of aliphatic hydroxyl groups excluding tert-OH is 1. The van der Waals surface area contributed by atoms with Gasteiger partial charge in [-0.15, -0.1) is 0 Å². The Hall–Kier alpha value is -2.37. The molecule has 4 rings (SSSR count). The van der Waals surface area contributed by atoms with Crippen LogP contribution in [0.4, 0.5) is 0 Å². The summed E-state index contributed by atoms with van der Waals surface area (Å²) in [6, 6.07) is 16.8. The standard InChI is InChI=1S/C23H18Cl3N3O/c24-17-7-5-16(6-8-17)22-21(15-9-11-27-12-10-15)28-23(29(22)13-2-14-30)20-18(25)3-1-4-19(20)26/h1,3-12,30H,2,13-14H2. The van der Waals surface area contributed by atoms with Crippen LogP contribution >= 0.6 is 34.8 Å². The van der Waals surface area contributed by atoms with Crippen molar-refractivity contribution in [3.05, 3.63) is 82.1 Å². The molecule has 4 nitrogen and oxygen atoms in total. The van der Waals surface area contributed by atoms with E-state index in [2.05, 4.69) is 9.55 Å². The summed E-state index contributed by atoms with van der Waals surface area (Å²) < 4.78 is 2.06. The Morgan fingerprint density at radius 1 is 0.833 bits per heavy atom. The largest absolute Gasteiger partial charge is 0.396 e. The minimum Gasteiger partial charge on any atom is -0.396 e. The first-order valence-corrected chi connectivity index (χ1v) is 10.6. The Morgan fingerprint density at radius 2 is 1.50 bits per heavy atom. The highest BCUT2D eigenvalue weighted by atomic mass is 35.5. The molecule has 0 aliphatic rings. The molecule has 7 heteroatoms. The average molecular weight is 459 g/mol. The summed E-state index contributed by atoms with van der Waals surface area (Å²) in [5.41, 5.74) is 4.21. The zero-order chi connectivity index (χ0) is 21.1. The van der Waals surface area contributed by atoms with E-state index < -0.39 is 0 Å². The van der Waals surface area contributed by atoms with E-state index >= 15 is 0 Å². The normalized spacial score (nSPS) is 11.1. The van der Waals surface area contributed by atoms with Gasteiger partial charge in [0.25, 0.3) is 0 Å². The lowest BCUT2D eigenvalue weighted by molar-refractivity contribution is 0.280. The van der Waals surface area contributed by atoms with Crippen molar-refractivity contribution >= 4 is 34.8 Å². The molecule has 2 aromatic heterocycles. The smallest absolute Gasteiger partial charge is 0.144 e. The number of benzene rings is 2. The fourth-order valence-corrected chi connectivity index (χ4v) is 4.11. The van der Waals surface area contributed by atoms with Crippen molar-refractivity contribution in [1.29, 1.82) is 0 Å². The van der Waals surface area contributed by atoms with Crippen molar-refractivity contribution in [1.82, 2.24) is 14.5 Å². The van der Waals surface area contributed by atoms with Crippen molar-refractivity contribution in [2.75, 3.05) is 6.61 Å². The summed E-state index contributed by atoms with van der Waals surface area (Å²) in [6.45, 7) is 0.599. The average Bonchev–Trinajstić information content (AvgIpc) is 3.12. The van der Waals surface area contributed by atoms with E-state index in [4.69, 9.17) is 39.8 Å². The predicted molar refractivity (Wildman–Crippen MR) is 123 cm³/mol. The molecule has 2 aromatic carbocycles. The molecular weight excluding hydrogens is 441 g/mol. The number of aromatic nitrogens is 3. The van der Waals surface area contributed by atoms with Gasteiger partial charge < -0.3 is 9.67 Å². The molecule has 0 saturated carbocycles. The fourth-order valence-electron chi connectivity index (χ4n) is 3.41. The maximum atomic E-state index is 9.51. The summed E-state index contributed by atoms with van der Waals surface area (Å²) in [5.74, 6) is 0.649. The minimum atomic E-state index is 0.0541. The number of hydrogen-bond donors (Lipinski definition) is 1. The topological polar surface area (TPSA) is 50.9 Å². The van der Waals surface area contributed by atoms with Gasteiger partial charge in [-0.2, -0.15) is 0 Å². The van der Waals surface area contributed by atoms with E-state index in [1.807, 2.05) is 36.4 Å². The maximum Gasteiger partial charge on any atom is 0.144 e. The lowest BCUT2D eigenvalue weighted by atomic mass is 10.1. The molecule has 0 saturated heterocycles. The highest BCUT2D eigenvalue weighted by molar-refractivity contribution is 6.39. The minimum absolute atomic E-state index is 0.0541. The zero-order valence-electron chi connectivity index (χ0n) is 15.9. The number of imidazole rings is 1. The van der Waals surface area contributed by atoms with Gasteiger partial charge in [-0.3, -0.25) is 4.98 Å². The molecule has 30 heavy (non-hydrogen) atoms. The highest BCUT2D eigenvalue weighted by Crippen LogP contribution is 2.41. The number of hydrogen-bond acceptors (Lipinski definition) is 3. The molecule has 0 fully saturated rings. The third kappa shape index (κ3) is 4.09. The molecule has 0 amide bonds. The molecular formula is C23H18Cl3N3O. The molecule has 0 radical (unpaired) electrons. The van der Waals surface area contributed by atoms with Crippen molar-refractivity contribution in [3.63, 3.8) is 0 Å². The molecule has 152 valence electrons. The van der Waals surface area contributed by atoms with Gasteiger partial charge in [-0.1, -0.05) is 53.0 Å². The van der Waals surface area contributed by atoms with Crippen molar-refractivity contribution in [2.45, 2.75) is 13.0 Å². The third-order valence-corrected chi connectivity index (χ3v) is 5.65. The Morgan fingerprint density at radius 3 is 2.13 bits per heavy atom. The molecule has 0 spiro atoms. The Balaban J connectivity index is 2.05. The first-order chi connectivity index (χ1) is 14.6. The molecule has 0 aliphatic carbocycles. The van der Waals surface area contributed by atoms with Crippen LogP contribution in [0, 0.1) is 0 Å². The summed E-state index contributed by atoms with van der Waals surface area (Å²) in [6.07, 6.45) is 4.02. The van der Waals surface area contributed by atoms with Crippen molar-refractivity contribution in [3.8, 4) is 33.9 Å². The van der Waals surface area contributed by atoms with Gasteiger partial charge in [-0.05, 0) is 42.8 Å². The van der Waals surface area contributed by atoms with E-state index in [0.29, 0.717) is 39.4 Å². The second-order valence-electron chi connectivity index (χ2n) is 6.70. The van der Waals surface area contributed by atoms with Gasteiger partial charge in [0.15, 0.2) is 0 Å². The first kappa shape index (κ1) is 20.9. The number of halogens is 3. The monoisotopic (exact) mass is 457 g/mol. The van der Waals surface area contributed by atoms with Crippen molar-refractivity contribution in [2.24, 2.45) is 0 Å². The Kier molecular flexibility index (Phi) is 6.40. The van der Waals surface area contributed by atoms with Crippen LogP contribution in [0.5, 0.6) is 0 Å². The molecule has 0 aliphatic heterocycles. The van der Waals surface area contributed by atoms with Crippen LogP contribution in [-0.2, 0) is 6.54 Å². The van der Waals surface area contributed by atoms with Gasteiger partial charge in [0.2, 0.25) is 0 Å². The van der Waals surface area contributed by atoms with Crippen LogP contribution in [0.2, 0.25) is 15.1 Å². The van der Waals surface area contributed by atoms with Gasteiger partial charge in [-0.25, -0.2) is 4.98 Å². The fraction of sp³-hybridized carbons (Fsp3) is 0.130.